The Morgan fingerprint density at radius 3 is 2.47 bits per heavy atom. The normalized spacial score (nSPS) is 14.9. The minimum atomic E-state index is 0.0960. The summed E-state index contributed by atoms with van der Waals surface area (Å²) < 4.78 is 6.33. The van der Waals surface area contributed by atoms with Gasteiger partial charge in [-0.2, -0.15) is 0 Å². The molecular weight excluding hydrogens is 256 g/mol. The third-order valence-electron chi connectivity index (χ3n) is 2.52. The van der Waals surface area contributed by atoms with Crippen LogP contribution in [-0.2, 0) is 11.2 Å². The number of hydrazine groups is 1. The van der Waals surface area contributed by atoms with E-state index < -0.39 is 0 Å². The second kappa shape index (κ2) is 6.23. The molecule has 0 radical (unpaired) electrons. The number of hydrogen-bond donors (Lipinski definition) is 2. The molecule has 84 valence electrons. The molecule has 1 rings (SSSR count). The van der Waals surface area contributed by atoms with Gasteiger partial charge in [0, 0.05) is 11.6 Å². The second-order valence-corrected chi connectivity index (χ2v) is 4.46. The van der Waals surface area contributed by atoms with E-state index in [0.29, 0.717) is 0 Å². The van der Waals surface area contributed by atoms with Gasteiger partial charge in [0.2, 0.25) is 0 Å². The molecule has 15 heavy (non-hydrogen) atoms. The number of benzene rings is 1. The van der Waals surface area contributed by atoms with Gasteiger partial charge in [-0.05, 0) is 31.0 Å². The van der Waals surface area contributed by atoms with Crippen molar-refractivity contribution in [1.82, 2.24) is 5.43 Å². The Labute approximate surface area is 99.1 Å². The quantitative estimate of drug-likeness (QED) is 0.636. The summed E-state index contributed by atoms with van der Waals surface area (Å²) in [7, 11) is 1.69. The zero-order valence-corrected chi connectivity index (χ0v) is 10.6. The number of rotatable bonds is 5. The maximum Gasteiger partial charge on any atom is 0.0712 e. The van der Waals surface area contributed by atoms with Crippen LogP contribution in [0.5, 0.6) is 0 Å². The van der Waals surface area contributed by atoms with E-state index in [4.69, 9.17) is 10.6 Å². The fourth-order valence-electron chi connectivity index (χ4n) is 1.40. The molecule has 0 aliphatic rings. The summed E-state index contributed by atoms with van der Waals surface area (Å²) >= 11 is 3.41. The molecule has 4 heteroatoms. The van der Waals surface area contributed by atoms with Crippen molar-refractivity contribution in [3.05, 3.63) is 34.3 Å². The molecule has 0 saturated heterocycles. The Morgan fingerprint density at radius 2 is 2.00 bits per heavy atom. The molecule has 3 nitrogen and oxygen atoms in total. The summed E-state index contributed by atoms with van der Waals surface area (Å²) in [5.41, 5.74) is 4.02. The number of nitrogens with two attached hydrogens (primary N) is 1. The standard InChI is InChI=1S/C11H17BrN2O/c1-8(15-2)11(14-13)7-9-3-5-10(12)6-4-9/h3-6,8,11,14H,7,13H2,1-2H3. The van der Waals surface area contributed by atoms with Gasteiger partial charge in [0.05, 0.1) is 12.1 Å². The molecule has 2 atom stereocenters. The van der Waals surface area contributed by atoms with Crippen LogP contribution in [0.25, 0.3) is 0 Å². The van der Waals surface area contributed by atoms with Gasteiger partial charge < -0.3 is 4.74 Å². The third-order valence-corrected chi connectivity index (χ3v) is 3.05. The highest BCUT2D eigenvalue weighted by atomic mass is 79.9. The van der Waals surface area contributed by atoms with Crippen molar-refractivity contribution in [1.29, 1.82) is 0 Å². The third kappa shape index (κ3) is 3.91. The average molecular weight is 273 g/mol. The highest BCUT2D eigenvalue weighted by Gasteiger charge is 2.15. The molecule has 0 saturated carbocycles. The zero-order valence-electron chi connectivity index (χ0n) is 9.03. The van der Waals surface area contributed by atoms with E-state index >= 15 is 0 Å². The van der Waals surface area contributed by atoms with Crippen molar-refractivity contribution in [3.8, 4) is 0 Å². The molecule has 0 spiro atoms. The molecule has 0 aromatic heterocycles. The van der Waals surface area contributed by atoms with E-state index in [9.17, 15) is 0 Å². The number of methoxy groups -OCH3 is 1. The van der Waals surface area contributed by atoms with E-state index in [0.717, 1.165) is 10.9 Å². The molecule has 3 N–H and O–H groups in total. The lowest BCUT2D eigenvalue weighted by atomic mass is 10.0. The largest absolute Gasteiger partial charge is 0.380 e. The maximum atomic E-state index is 5.49. The topological polar surface area (TPSA) is 47.3 Å². The Balaban J connectivity index is 2.62. The average Bonchev–Trinajstić information content (AvgIpc) is 2.27. The lowest BCUT2D eigenvalue weighted by Gasteiger charge is -2.21. The Morgan fingerprint density at radius 1 is 1.40 bits per heavy atom. The lowest BCUT2D eigenvalue weighted by Crippen LogP contribution is -2.45. The van der Waals surface area contributed by atoms with Gasteiger partial charge >= 0.3 is 0 Å². The predicted octanol–water partition coefficient (Wildman–Crippen LogP) is 1.86. The van der Waals surface area contributed by atoms with Gasteiger partial charge in [0.15, 0.2) is 0 Å². The van der Waals surface area contributed by atoms with E-state index in [1.807, 2.05) is 19.1 Å². The van der Waals surface area contributed by atoms with Crippen molar-refractivity contribution in [2.24, 2.45) is 5.84 Å². The fraction of sp³-hybridized carbons (Fsp3) is 0.455. The first-order valence-electron chi connectivity index (χ1n) is 4.90. The maximum absolute atomic E-state index is 5.49. The van der Waals surface area contributed by atoms with Gasteiger partial charge in [0.25, 0.3) is 0 Å². The predicted molar refractivity (Wildman–Crippen MR) is 65.4 cm³/mol. The molecule has 0 aliphatic carbocycles. The first-order valence-corrected chi connectivity index (χ1v) is 5.70. The van der Waals surface area contributed by atoms with Gasteiger partial charge in [-0.15, -0.1) is 0 Å². The van der Waals surface area contributed by atoms with Crippen LogP contribution in [0.1, 0.15) is 12.5 Å². The fourth-order valence-corrected chi connectivity index (χ4v) is 1.66. The minimum Gasteiger partial charge on any atom is -0.380 e. The Kier molecular flexibility index (Phi) is 5.25. The Bertz CT molecular complexity index is 289. The number of ether oxygens (including phenoxy) is 1. The summed E-state index contributed by atoms with van der Waals surface area (Å²) in [5, 5.41) is 0. The number of halogens is 1. The van der Waals surface area contributed by atoms with Crippen molar-refractivity contribution in [3.63, 3.8) is 0 Å². The molecule has 0 aliphatic heterocycles. The van der Waals surface area contributed by atoms with E-state index in [-0.39, 0.29) is 12.1 Å². The van der Waals surface area contributed by atoms with Gasteiger partial charge in [0.1, 0.15) is 0 Å². The van der Waals surface area contributed by atoms with E-state index in [1.54, 1.807) is 7.11 Å². The van der Waals surface area contributed by atoms with Gasteiger partial charge in [-0.25, -0.2) is 0 Å². The second-order valence-electron chi connectivity index (χ2n) is 3.54. The Hall–Kier alpha value is -0.420. The molecule has 0 heterocycles. The molecule has 1 aromatic rings. The molecule has 2 unspecified atom stereocenters. The van der Waals surface area contributed by atoms with E-state index in [1.165, 1.54) is 5.56 Å². The summed E-state index contributed by atoms with van der Waals surface area (Å²) in [5.74, 6) is 5.49. The van der Waals surface area contributed by atoms with Crippen LogP contribution in [0.2, 0.25) is 0 Å². The molecule has 1 aromatic carbocycles. The lowest BCUT2D eigenvalue weighted by molar-refractivity contribution is 0.0831. The van der Waals surface area contributed by atoms with Crippen molar-refractivity contribution < 1.29 is 4.74 Å². The number of nitrogens with one attached hydrogen (secondary N) is 1. The molecule has 0 bridgehead atoms. The molecular formula is C11H17BrN2O. The van der Waals surface area contributed by atoms with Crippen LogP contribution >= 0.6 is 15.9 Å². The van der Waals surface area contributed by atoms with Crippen molar-refractivity contribution >= 4 is 15.9 Å². The SMILES string of the molecule is COC(C)C(Cc1ccc(Br)cc1)NN. The monoisotopic (exact) mass is 272 g/mol. The van der Waals surface area contributed by atoms with Crippen LogP contribution in [0.4, 0.5) is 0 Å². The van der Waals surface area contributed by atoms with Crippen LogP contribution in [-0.4, -0.2) is 19.3 Å². The summed E-state index contributed by atoms with van der Waals surface area (Å²) in [6, 6.07) is 8.35. The van der Waals surface area contributed by atoms with Crippen molar-refractivity contribution in [2.45, 2.75) is 25.5 Å². The van der Waals surface area contributed by atoms with Gasteiger partial charge in [-0.1, -0.05) is 28.1 Å². The van der Waals surface area contributed by atoms with Crippen LogP contribution in [0, 0.1) is 0 Å². The molecule has 0 fully saturated rings. The van der Waals surface area contributed by atoms with Crippen LogP contribution in [0.15, 0.2) is 28.7 Å². The highest BCUT2D eigenvalue weighted by Crippen LogP contribution is 2.13. The first-order chi connectivity index (χ1) is 7.17. The summed E-state index contributed by atoms with van der Waals surface area (Å²) in [6.07, 6.45) is 0.956. The van der Waals surface area contributed by atoms with Crippen LogP contribution in [0.3, 0.4) is 0 Å². The smallest absolute Gasteiger partial charge is 0.0712 e. The summed E-state index contributed by atoms with van der Waals surface area (Å²) in [4.78, 5) is 0. The van der Waals surface area contributed by atoms with Gasteiger partial charge in [-0.3, -0.25) is 11.3 Å². The molecule has 0 amide bonds. The first kappa shape index (κ1) is 12.6. The zero-order chi connectivity index (χ0) is 11.3. The highest BCUT2D eigenvalue weighted by molar-refractivity contribution is 9.10. The van der Waals surface area contributed by atoms with E-state index in [2.05, 4.69) is 33.5 Å². The number of hydrogen-bond acceptors (Lipinski definition) is 3. The van der Waals surface area contributed by atoms with Crippen molar-refractivity contribution in [2.75, 3.05) is 7.11 Å². The summed E-state index contributed by atoms with van der Waals surface area (Å²) in [6.45, 7) is 2.00. The minimum absolute atomic E-state index is 0.0960. The van der Waals surface area contributed by atoms with Crippen LogP contribution < -0.4 is 11.3 Å².